The van der Waals surface area contributed by atoms with Crippen molar-refractivity contribution in [2.75, 3.05) is 20.3 Å². The molecule has 11 atom stereocenters. The first-order valence-corrected chi connectivity index (χ1v) is 15.2. The molecule has 2 aliphatic heterocycles. The van der Waals surface area contributed by atoms with Crippen LogP contribution in [0.5, 0.6) is 0 Å². The van der Waals surface area contributed by atoms with E-state index < -0.39 is 128 Å². The van der Waals surface area contributed by atoms with Gasteiger partial charge in [0.2, 0.25) is 5.91 Å². The van der Waals surface area contributed by atoms with Gasteiger partial charge in [0, 0.05) is 62.5 Å². The normalized spacial score (nSPS) is 29.6. The number of carbonyl (C=O) groups excluding carboxylic acids is 8. The molecular formula is C30H43NO19. The molecule has 20 nitrogen and oxygen atoms in total. The van der Waals surface area contributed by atoms with Crippen molar-refractivity contribution in [2.24, 2.45) is 0 Å². The molecule has 0 unspecified atom stereocenters. The fourth-order valence-corrected chi connectivity index (χ4v) is 5.33. The second-order valence-corrected chi connectivity index (χ2v) is 11.1. The lowest BCUT2D eigenvalue weighted by molar-refractivity contribution is -0.320. The Kier molecular flexibility index (Phi) is 16.0. The summed E-state index contributed by atoms with van der Waals surface area (Å²) in [6, 6.07) is -1.39. The van der Waals surface area contributed by atoms with Crippen LogP contribution in [0.15, 0.2) is 0 Å². The highest BCUT2D eigenvalue weighted by Gasteiger charge is 2.56. The van der Waals surface area contributed by atoms with Crippen LogP contribution >= 0.6 is 0 Å². The van der Waals surface area contributed by atoms with E-state index in [4.69, 9.17) is 52.1 Å². The molecule has 2 saturated heterocycles. The molecule has 2 fully saturated rings. The van der Waals surface area contributed by atoms with Crippen LogP contribution in [-0.4, -0.2) is 135 Å². The van der Waals surface area contributed by atoms with Crippen LogP contribution in [0.3, 0.4) is 0 Å². The highest BCUT2D eigenvalue weighted by molar-refractivity contribution is 5.74. The van der Waals surface area contributed by atoms with Crippen molar-refractivity contribution < 1.29 is 90.5 Å². The van der Waals surface area contributed by atoms with E-state index in [1.54, 1.807) is 0 Å². The summed E-state index contributed by atoms with van der Waals surface area (Å²) in [6.45, 7) is 7.36. The molecule has 0 aliphatic carbocycles. The molecule has 0 radical (unpaired) electrons. The number of carbonyl (C=O) groups is 8. The lowest BCUT2D eigenvalue weighted by atomic mass is 9.94. The molecule has 2 rings (SSSR count). The molecule has 50 heavy (non-hydrogen) atoms. The fraction of sp³-hybridized carbons (Fsp3) is 0.733. The average molecular weight is 722 g/mol. The van der Waals surface area contributed by atoms with Crippen LogP contribution in [0.25, 0.3) is 0 Å². The fourth-order valence-electron chi connectivity index (χ4n) is 5.33. The van der Waals surface area contributed by atoms with Crippen LogP contribution in [0, 0.1) is 0 Å². The maximum absolute atomic E-state index is 12.4. The quantitative estimate of drug-likeness (QED) is 0.163. The summed E-state index contributed by atoms with van der Waals surface area (Å²) in [6.07, 6.45) is -15.0. The highest BCUT2D eigenvalue weighted by atomic mass is 16.7. The first-order chi connectivity index (χ1) is 23.3. The zero-order valence-electron chi connectivity index (χ0n) is 29.0. The van der Waals surface area contributed by atoms with Gasteiger partial charge < -0.3 is 57.4 Å². The van der Waals surface area contributed by atoms with Gasteiger partial charge in [-0.3, -0.25) is 38.4 Å². The Bertz CT molecular complexity index is 1270. The Balaban J connectivity index is 2.62. The second-order valence-electron chi connectivity index (χ2n) is 11.1. The molecule has 0 bridgehead atoms. The average Bonchev–Trinajstić information content (AvgIpc) is 2.97. The van der Waals surface area contributed by atoms with E-state index in [1.807, 2.05) is 0 Å². The van der Waals surface area contributed by atoms with E-state index in [0.29, 0.717) is 0 Å². The Morgan fingerprint density at radius 1 is 0.580 bits per heavy atom. The topological polar surface area (TPSA) is 250 Å². The number of methoxy groups -OCH3 is 1. The van der Waals surface area contributed by atoms with Crippen LogP contribution in [0.4, 0.5) is 0 Å². The molecule has 20 heteroatoms. The molecule has 1 amide bonds. The summed E-state index contributed by atoms with van der Waals surface area (Å²) in [7, 11) is 1.18. The Labute approximate surface area is 286 Å². The minimum Gasteiger partial charge on any atom is -0.463 e. The number of hydrogen-bond donors (Lipinski definition) is 1. The molecule has 282 valence electrons. The van der Waals surface area contributed by atoms with Crippen LogP contribution < -0.4 is 5.32 Å². The molecule has 1 N–H and O–H groups in total. The third kappa shape index (κ3) is 12.5. The molecule has 0 aromatic rings. The van der Waals surface area contributed by atoms with Gasteiger partial charge in [0.05, 0.1) is 6.61 Å². The number of rotatable bonds is 14. The maximum atomic E-state index is 12.4. The Morgan fingerprint density at radius 3 is 1.56 bits per heavy atom. The van der Waals surface area contributed by atoms with Crippen molar-refractivity contribution in [3.63, 3.8) is 0 Å². The summed E-state index contributed by atoms with van der Waals surface area (Å²) in [5, 5.41) is 2.52. The minimum atomic E-state index is -1.60. The van der Waals surface area contributed by atoms with Crippen molar-refractivity contribution in [2.45, 2.75) is 123 Å². The van der Waals surface area contributed by atoms with Crippen molar-refractivity contribution in [3.05, 3.63) is 0 Å². The predicted molar refractivity (Wildman–Crippen MR) is 158 cm³/mol. The molecule has 0 saturated carbocycles. The van der Waals surface area contributed by atoms with Crippen molar-refractivity contribution >= 4 is 47.7 Å². The van der Waals surface area contributed by atoms with Gasteiger partial charge in [0.25, 0.3) is 0 Å². The number of nitrogens with one attached hydrogen (secondary N) is 1. The van der Waals surface area contributed by atoms with E-state index in [9.17, 15) is 38.4 Å². The first-order valence-electron chi connectivity index (χ1n) is 15.2. The predicted octanol–water partition coefficient (Wildman–Crippen LogP) is -1.24. The summed E-state index contributed by atoms with van der Waals surface area (Å²) in [5.41, 5.74) is 0. The van der Waals surface area contributed by atoms with Crippen molar-refractivity contribution in [3.8, 4) is 0 Å². The SMILES string of the molecule is CO[C@H]1O[C@H]([C@H](CO[C@H]2O[C@H](COC(C)=O)[C@@H](OC(C)=O)[C@H](OC(C)=O)[C@H]2NC(C)=O)OC(C)=O)[C@@H](OC(C)=O)[C@H](OC(C)=O)[C@@H]1OC(C)=O. The smallest absolute Gasteiger partial charge is 0.303 e. The van der Waals surface area contributed by atoms with E-state index >= 15 is 0 Å². The Hall–Kier alpha value is -4.40. The van der Waals surface area contributed by atoms with Gasteiger partial charge in [-0.2, -0.15) is 0 Å². The summed E-state index contributed by atoms with van der Waals surface area (Å²) >= 11 is 0. The Morgan fingerprint density at radius 2 is 1.08 bits per heavy atom. The monoisotopic (exact) mass is 721 g/mol. The number of esters is 7. The van der Waals surface area contributed by atoms with Gasteiger partial charge in [-0.25, -0.2) is 0 Å². The maximum Gasteiger partial charge on any atom is 0.303 e. The zero-order valence-corrected chi connectivity index (χ0v) is 29.0. The van der Waals surface area contributed by atoms with Gasteiger partial charge in [0.1, 0.15) is 24.9 Å². The van der Waals surface area contributed by atoms with Gasteiger partial charge >= 0.3 is 41.8 Å². The van der Waals surface area contributed by atoms with Crippen molar-refractivity contribution in [1.82, 2.24) is 5.32 Å². The molecule has 2 heterocycles. The van der Waals surface area contributed by atoms with Gasteiger partial charge in [-0.05, 0) is 0 Å². The molecule has 0 aromatic carbocycles. The standard InChI is InChI=1S/C30H43NO19/c1-12(32)31-22-25(45-16(5)36)23(44-15(4)35)21(10-41-13(2)33)49-29(22)42-11-20(43-14(3)34)24-26(46-17(6)37)27(47-18(7)38)28(48-19(8)39)30(40-9)50-24/h20-30H,10-11H2,1-9H3,(H,31,32)/t20-,21+,22+,23+,24+,25+,26+,27-,28-,29-,30-/m0/s1. The second kappa shape index (κ2) is 19.1. The molecule has 0 spiro atoms. The third-order valence-corrected chi connectivity index (χ3v) is 6.85. The van der Waals surface area contributed by atoms with Gasteiger partial charge in [0.15, 0.2) is 49.2 Å². The summed E-state index contributed by atoms with van der Waals surface area (Å²) < 4.78 is 60.9. The summed E-state index contributed by atoms with van der Waals surface area (Å²) in [4.78, 5) is 97.0. The van der Waals surface area contributed by atoms with E-state index in [0.717, 1.165) is 55.4 Å². The third-order valence-electron chi connectivity index (χ3n) is 6.85. The van der Waals surface area contributed by atoms with E-state index in [2.05, 4.69) is 5.32 Å². The van der Waals surface area contributed by atoms with E-state index in [-0.39, 0.29) is 0 Å². The highest BCUT2D eigenvalue weighted by Crippen LogP contribution is 2.33. The van der Waals surface area contributed by atoms with Gasteiger partial charge in [-0.1, -0.05) is 0 Å². The largest absolute Gasteiger partial charge is 0.463 e. The zero-order chi connectivity index (χ0) is 37.9. The van der Waals surface area contributed by atoms with Crippen LogP contribution in [-0.2, 0) is 90.5 Å². The minimum absolute atomic E-state index is 0.525. The number of amides is 1. The summed E-state index contributed by atoms with van der Waals surface area (Å²) in [5.74, 6) is -6.54. The van der Waals surface area contributed by atoms with Crippen molar-refractivity contribution in [1.29, 1.82) is 0 Å². The lowest BCUT2D eigenvalue weighted by Crippen LogP contribution is -2.67. The molecular weight excluding hydrogens is 678 g/mol. The molecule has 2 aliphatic rings. The number of ether oxygens (including phenoxy) is 11. The lowest BCUT2D eigenvalue weighted by Gasteiger charge is -2.47. The van der Waals surface area contributed by atoms with Gasteiger partial charge in [-0.15, -0.1) is 0 Å². The van der Waals surface area contributed by atoms with E-state index in [1.165, 1.54) is 7.11 Å². The first kappa shape index (κ1) is 41.8. The number of hydrogen-bond acceptors (Lipinski definition) is 19. The van der Waals surface area contributed by atoms with Crippen LogP contribution in [0.1, 0.15) is 55.4 Å². The van der Waals surface area contributed by atoms with Crippen LogP contribution in [0.2, 0.25) is 0 Å². The molecule has 0 aromatic heterocycles.